The number of unbranched alkanes of at least 4 members (excludes halogenated alkanes) is 1. The van der Waals surface area contributed by atoms with E-state index in [1.54, 1.807) is 6.08 Å². The Balaban J connectivity index is 2.69. The lowest BCUT2D eigenvalue weighted by molar-refractivity contribution is -0.140. The lowest BCUT2D eigenvalue weighted by atomic mass is 9.93. The van der Waals surface area contributed by atoms with Crippen molar-refractivity contribution in [1.29, 1.82) is 0 Å². The summed E-state index contributed by atoms with van der Waals surface area (Å²) in [5.41, 5.74) is 0.257. The molecule has 0 saturated carbocycles. The highest BCUT2D eigenvalue weighted by Gasteiger charge is 2.42. The normalized spacial score (nSPS) is 23.4. The van der Waals surface area contributed by atoms with Gasteiger partial charge in [0.1, 0.15) is 12.0 Å². The van der Waals surface area contributed by atoms with E-state index >= 15 is 0 Å². The van der Waals surface area contributed by atoms with Crippen LogP contribution in [0.3, 0.4) is 0 Å². The summed E-state index contributed by atoms with van der Waals surface area (Å²) in [4.78, 5) is 23.3. The Hall–Kier alpha value is -1.58. The number of amides is 1. The molecular formula is C13H19NO3. The van der Waals surface area contributed by atoms with Gasteiger partial charge < -0.3 is 10.1 Å². The maximum atomic E-state index is 11.9. The standard InChI is InChI=1S/C13H19NO3/c1-4-6-7-10-11(9(3)13(16)17-10)12(15)14-8-5-2/h5,10-11H,2-4,6-8H2,1H3,(H,14,15). The highest BCUT2D eigenvalue weighted by atomic mass is 16.6. The van der Waals surface area contributed by atoms with E-state index in [1.807, 2.05) is 0 Å². The first-order valence-electron chi connectivity index (χ1n) is 5.90. The van der Waals surface area contributed by atoms with Crippen LogP contribution in [-0.4, -0.2) is 24.5 Å². The number of hydrogen-bond donors (Lipinski definition) is 1. The predicted molar refractivity (Wildman–Crippen MR) is 65.2 cm³/mol. The van der Waals surface area contributed by atoms with Crippen molar-refractivity contribution in [3.05, 3.63) is 24.8 Å². The molecule has 1 heterocycles. The van der Waals surface area contributed by atoms with Crippen molar-refractivity contribution in [2.75, 3.05) is 6.54 Å². The van der Waals surface area contributed by atoms with E-state index < -0.39 is 11.9 Å². The molecule has 2 atom stereocenters. The Bertz CT molecular complexity index is 336. The predicted octanol–water partition coefficient (Wildman–Crippen LogP) is 1.58. The summed E-state index contributed by atoms with van der Waals surface area (Å²) in [5.74, 6) is -1.21. The lowest BCUT2D eigenvalue weighted by Gasteiger charge is -2.16. The molecule has 0 aliphatic carbocycles. The smallest absolute Gasteiger partial charge is 0.334 e. The van der Waals surface area contributed by atoms with Gasteiger partial charge in [-0.15, -0.1) is 6.58 Å². The van der Waals surface area contributed by atoms with E-state index in [1.165, 1.54) is 0 Å². The van der Waals surface area contributed by atoms with Crippen LogP contribution in [0.4, 0.5) is 0 Å². The Morgan fingerprint density at radius 3 is 2.88 bits per heavy atom. The van der Waals surface area contributed by atoms with Gasteiger partial charge in [-0.25, -0.2) is 4.79 Å². The number of carbonyl (C=O) groups is 2. The fourth-order valence-corrected chi connectivity index (χ4v) is 1.87. The summed E-state index contributed by atoms with van der Waals surface area (Å²) in [6.07, 6.45) is 3.87. The molecule has 1 aliphatic rings. The second-order valence-corrected chi connectivity index (χ2v) is 4.12. The number of nitrogens with one attached hydrogen (secondary N) is 1. The Labute approximate surface area is 102 Å². The molecule has 2 unspecified atom stereocenters. The minimum Gasteiger partial charge on any atom is -0.458 e. The molecule has 1 aliphatic heterocycles. The third-order valence-corrected chi connectivity index (χ3v) is 2.81. The van der Waals surface area contributed by atoms with Crippen LogP contribution in [-0.2, 0) is 14.3 Å². The summed E-state index contributed by atoms with van der Waals surface area (Å²) in [6.45, 7) is 9.61. The molecule has 0 aromatic carbocycles. The second kappa shape index (κ2) is 6.23. The van der Waals surface area contributed by atoms with E-state index in [2.05, 4.69) is 25.4 Å². The monoisotopic (exact) mass is 237 g/mol. The molecule has 1 fully saturated rings. The van der Waals surface area contributed by atoms with Crippen LogP contribution in [0, 0.1) is 5.92 Å². The molecule has 94 valence electrons. The van der Waals surface area contributed by atoms with Crippen molar-refractivity contribution in [3.63, 3.8) is 0 Å². The van der Waals surface area contributed by atoms with Crippen LogP contribution in [0.1, 0.15) is 26.2 Å². The second-order valence-electron chi connectivity index (χ2n) is 4.12. The van der Waals surface area contributed by atoms with Crippen LogP contribution >= 0.6 is 0 Å². The molecule has 0 aromatic rings. The van der Waals surface area contributed by atoms with Gasteiger partial charge in [-0.3, -0.25) is 4.79 Å². The van der Waals surface area contributed by atoms with Gasteiger partial charge in [-0.1, -0.05) is 32.4 Å². The van der Waals surface area contributed by atoms with Gasteiger partial charge in [-0.2, -0.15) is 0 Å². The number of cyclic esters (lactones) is 1. The number of hydrogen-bond acceptors (Lipinski definition) is 3. The molecule has 0 radical (unpaired) electrons. The highest BCUT2D eigenvalue weighted by molar-refractivity contribution is 5.99. The molecule has 1 rings (SSSR count). The van der Waals surface area contributed by atoms with Crippen LogP contribution < -0.4 is 5.32 Å². The maximum Gasteiger partial charge on any atom is 0.334 e. The third-order valence-electron chi connectivity index (χ3n) is 2.81. The van der Waals surface area contributed by atoms with Gasteiger partial charge in [0.15, 0.2) is 0 Å². The topological polar surface area (TPSA) is 55.4 Å². The van der Waals surface area contributed by atoms with E-state index in [-0.39, 0.29) is 17.6 Å². The van der Waals surface area contributed by atoms with Crippen LogP contribution in [0.2, 0.25) is 0 Å². The average molecular weight is 237 g/mol. The first kappa shape index (κ1) is 13.5. The molecule has 1 amide bonds. The van der Waals surface area contributed by atoms with Crippen molar-refractivity contribution in [2.24, 2.45) is 5.92 Å². The fourth-order valence-electron chi connectivity index (χ4n) is 1.87. The van der Waals surface area contributed by atoms with Crippen LogP contribution in [0.5, 0.6) is 0 Å². The van der Waals surface area contributed by atoms with Crippen molar-refractivity contribution in [1.82, 2.24) is 5.32 Å². The minimum absolute atomic E-state index is 0.207. The SMILES string of the molecule is C=CCNC(=O)C1C(=C)C(=O)OC1CCCC. The Kier molecular flexibility index (Phi) is 4.94. The molecule has 1 saturated heterocycles. The fraction of sp³-hybridized carbons (Fsp3) is 0.538. The summed E-state index contributed by atoms with van der Waals surface area (Å²) in [7, 11) is 0. The van der Waals surface area contributed by atoms with E-state index in [4.69, 9.17) is 4.74 Å². The quantitative estimate of drug-likeness (QED) is 0.433. The molecule has 0 aromatic heterocycles. The van der Waals surface area contributed by atoms with Crippen LogP contribution in [0.15, 0.2) is 24.8 Å². The zero-order valence-corrected chi connectivity index (χ0v) is 10.2. The van der Waals surface area contributed by atoms with E-state index in [0.29, 0.717) is 13.0 Å². The van der Waals surface area contributed by atoms with Crippen molar-refractivity contribution in [2.45, 2.75) is 32.3 Å². The Morgan fingerprint density at radius 1 is 1.59 bits per heavy atom. The van der Waals surface area contributed by atoms with E-state index in [9.17, 15) is 9.59 Å². The molecule has 17 heavy (non-hydrogen) atoms. The number of carbonyl (C=O) groups excluding carboxylic acids is 2. The zero-order chi connectivity index (χ0) is 12.8. The van der Waals surface area contributed by atoms with E-state index in [0.717, 1.165) is 12.8 Å². The number of ether oxygens (including phenoxy) is 1. The molecule has 4 nitrogen and oxygen atoms in total. The largest absolute Gasteiger partial charge is 0.458 e. The molecule has 4 heteroatoms. The van der Waals surface area contributed by atoms with Crippen LogP contribution in [0.25, 0.3) is 0 Å². The molecule has 0 bridgehead atoms. The van der Waals surface area contributed by atoms with Gasteiger partial charge >= 0.3 is 5.97 Å². The highest BCUT2D eigenvalue weighted by Crippen LogP contribution is 2.30. The average Bonchev–Trinajstić information content (AvgIpc) is 2.59. The molecule has 0 spiro atoms. The maximum absolute atomic E-state index is 11.9. The van der Waals surface area contributed by atoms with Gasteiger partial charge in [-0.05, 0) is 6.42 Å². The third kappa shape index (κ3) is 3.19. The van der Waals surface area contributed by atoms with Crippen molar-refractivity contribution in [3.8, 4) is 0 Å². The first-order chi connectivity index (χ1) is 8.11. The van der Waals surface area contributed by atoms with Gasteiger partial charge in [0.05, 0.1) is 0 Å². The summed E-state index contributed by atoms with van der Waals surface area (Å²) in [6, 6.07) is 0. The molecular weight excluding hydrogens is 218 g/mol. The lowest BCUT2D eigenvalue weighted by Crippen LogP contribution is -2.36. The van der Waals surface area contributed by atoms with Crippen molar-refractivity contribution >= 4 is 11.9 Å². The zero-order valence-electron chi connectivity index (χ0n) is 10.2. The van der Waals surface area contributed by atoms with Gasteiger partial charge in [0, 0.05) is 12.1 Å². The molecule has 1 N–H and O–H groups in total. The minimum atomic E-state index is -0.547. The summed E-state index contributed by atoms with van der Waals surface area (Å²) >= 11 is 0. The number of esters is 1. The van der Waals surface area contributed by atoms with Gasteiger partial charge in [0.2, 0.25) is 5.91 Å². The summed E-state index contributed by atoms with van der Waals surface area (Å²) < 4.78 is 5.16. The van der Waals surface area contributed by atoms with Crippen molar-refractivity contribution < 1.29 is 14.3 Å². The Morgan fingerprint density at radius 2 is 2.29 bits per heavy atom. The number of rotatable bonds is 6. The summed E-state index contributed by atoms with van der Waals surface area (Å²) in [5, 5.41) is 2.68. The first-order valence-corrected chi connectivity index (χ1v) is 5.90. The van der Waals surface area contributed by atoms with Gasteiger partial charge in [0.25, 0.3) is 0 Å².